The summed E-state index contributed by atoms with van der Waals surface area (Å²) in [6, 6.07) is 0. The summed E-state index contributed by atoms with van der Waals surface area (Å²) < 4.78 is 42.9. The molecule has 2 heterocycles. The van der Waals surface area contributed by atoms with Crippen molar-refractivity contribution in [2.45, 2.75) is 52.2 Å². The van der Waals surface area contributed by atoms with Gasteiger partial charge in [-0.1, -0.05) is 0 Å². The highest BCUT2D eigenvalue weighted by atomic mass is 16.7. The molecule has 29 heavy (non-hydrogen) atoms. The lowest BCUT2D eigenvalue weighted by Crippen LogP contribution is -2.42. The van der Waals surface area contributed by atoms with Gasteiger partial charge in [-0.05, 0) is 6.92 Å². The Morgan fingerprint density at radius 3 is 2.38 bits per heavy atom. The van der Waals surface area contributed by atoms with Gasteiger partial charge in [-0.15, -0.1) is 0 Å². The van der Waals surface area contributed by atoms with E-state index in [0.717, 1.165) is 10.8 Å². The van der Waals surface area contributed by atoms with Crippen molar-refractivity contribution in [1.82, 2.24) is 9.55 Å². The Balaban J connectivity index is 2.53. The summed E-state index contributed by atoms with van der Waals surface area (Å²) in [6.45, 7) is -1.67. The molecule has 0 saturated carbocycles. The van der Waals surface area contributed by atoms with Gasteiger partial charge < -0.3 is 24.7 Å². The van der Waals surface area contributed by atoms with E-state index in [-0.39, 0.29) is 11.4 Å². The zero-order valence-corrected chi connectivity index (χ0v) is 15.4. The molecule has 1 aromatic rings. The van der Waals surface area contributed by atoms with Gasteiger partial charge in [-0.2, -0.15) is 4.98 Å². The summed E-state index contributed by atoms with van der Waals surface area (Å²) >= 11 is 0. The monoisotopic (exact) mass is 414 g/mol. The van der Waals surface area contributed by atoms with Gasteiger partial charge in [-0.25, -0.2) is 4.79 Å². The predicted molar refractivity (Wildman–Crippen MR) is 94.6 cm³/mol. The Hall–Kier alpha value is -3.28. The predicted octanol–water partition coefficient (Wildman–Crippen LogP) is -0.648. The van der Waals surface area contributed by atoms with Crippen molar-refractivity contribution in [1.29, 1.82) is 0 Å². The minimum absolute atomic E-state index is 0.137. The number of anilines is 1. The number of ketones is 1. The molecule has 1 aromatic heterocycles. The standard InChI is InChI=1S/C17H21N3O9/c1-7(21)11-5-20(17(25)19-15(11)18)16-14(28-10(4)24)13(27-9(3)23)12(29-16)6-26-8(2)22/h5,12-14,16H,6H2,1-4H3,(H2,18,19,25)/t12-,13+,14-,16?/m1/s1/i2D,3D,4D. The maximum atomic E-state index is 12.5. The Labute approximate surface area is 169 Å². The number of aromatic nitrogens is 2. The Kier molecular flexibility index (Phi) is 5.41. The van der Waals surface area contributed by atoms with E-state index in [4.69, 9.17) is 28.8 Å². The van der Waals surface area contributed by atoms with Crippen LogP contribution < -0.4 is 11.4 Å². The van der Waals surface area contributed by atoms with Gasteiger partial charge in [-0.3, -0.25) is 23.7 Å². The molecule has 0 bridgehead atoms. The highest BCUT2D eigenvalue weighted by Gasteiger charge is 2.51. The molecule has 0 aliphatic carbocycles. The van der Waals surface area contributed by atoms with Gasteiger partial charge in [0.05, 0.1) is 5.56 Å². The Morgan fingerprint density at radius 2 is 1.79 bits per heavy atom. The second kappa shape index (κ2) is 8.82. The van der Waals surface area contributed by atoms with Crippen LogP contribution in [0.1, 0.15) is 48.3 Å². The number of esters is 3. The van der Waals surface area contributed by atoms with Crippen LogP contribution >= 0.6 is 0 Å². The number of carbonyl (C=O) groups is 4. The Bertz CT molecular complexity index is 955. The third-order valence-electron chi connectivity index (χ3n) is 3.86. The van der Waals surface area contributed by atoms with E-state index >= 15 is 0 Å². The number of hydrogen-bond acceptors (Lipinski definition) is 11. The molecular weight excluding hydrogens is 390 g/mol. The third kappa shape index (κ3) is 5.16. The van der Waals surface area contributed by atoms with Crippen molar-refractivity contribution in [3.8, 4) is 0 Å². The number of hydrogen-bond donors (Lipinski definition) is 1. The van der Waals surface area contributed by atoms with Crippen molar-refractivity contribution >= 4 is 29.5 Å². The molecule has 0 amide bonds. The molecule has 4 atom stereocenters. The topological polar surface area (TPSA) is 166 Å². The van der Waals surface area contributed by atoms with E-state index in [1.165, 1.54) is 6.92 Å². The van der Waals surface area contributed by atoms with Crippen LogP contribution in [0.4, 0.5) is 5.82 Å². The number of carbonyl (C=O) groups excluding carboxylic acids is 4. The van der Waals surface area contributed by atoms with Gasteiger partial charge in [0, 0.05) is 31.0 Å². The molecule has 0 aromatic carbocycles. The second-order valence-electron chi connectivity index (χ2n) is 5.94. The minimum atomic E-state index is -1.52. The number of nitrogens with zero attached hydrogens (tertiary/aromatic N) is 2. The van der Waals surface area contributed by atoms with Crippen LogP contribution in [-0.2, 0) is 33.3 Å². The number of rotatable bonds is 6. The maximum absolute atomic E-state index is 12.5. The molecule has 1 aliphatic rings. The van der Waals surface area contributed by atoms with Crippen LogP contribution in [-0.4, -0.2) is 58.2 Å². The van der Waals surface area contributed by atoms with Crippen LogP contribution in [0, 0.1) is 0 Å². The molecule has 12 heteroatoms. The second-order valence-corrected chi connectivity index (χ2v) is 5.94. The number of nitrogens with two attached hydrogens (primary N) is 1. The first-order valence-corrected chi connectivity index (χ1v) is 8.10. The quantitative estimate of drug-likeness (QED) is 0.357. The number of ether oxygens (including phenoxy) is 4. The average molecular weight is 414 g/mol. The lowest BCUT2D eigenvalue weighted by Gasteiger charge is -2.24. The zero-order valence-electron chi connectivity index (χ0n) is 18.4. The Morgan fingerprint density at radius 1 is 1.17 bits per heavy atom. The first-order chi connectivity index (χ1) is 15.1. The first-order valence-electron chi connectivity index (χ1n) is 10.2. The van der Waals surface area contributed by atoms with Crippen molar-refractivity contribution in [3.05, 3.63) is 22.2 Å². The molecule has 158 valence electrons. The third-order valence-corrected chi connectivity index (χ3v) is 3.86. The van der Waals surface area contributed by atoms with E-state index in [0.29, 0.717) is 0 Å². The van der Waals surface area contributed by atoms with E-state index in [1.54, 1.807) is 0 Å². The number of Topliss-reactive ketones (excluding diaryl/α,β-unsaturated/α-hetero) is 1. The summed E-state index contributed by atoms with van der Waals surface area (Å²) in [7, 11) is 0. The molecule has 1 saturated heterocycles. The van der Waals surface area contributed by atoms with E-state index < -0.39 is 81.2 Å². The highest BCUT2D eigenvalue weighted by molar-refractivity contribution is 5.97. The van der Waals surface area contributed by atoms with Gasteiger partial charge in [0.2, 0.25) is 0 Å². The smallest absolute Gasteiger partial charge is 0.351 e. The molecule has 1 fully saturated rings. The highest BCUT2D eigenvalue weighted by Crippen LogP contribution is 2.34. The van der Waals surface area contributed by atoms with Gasteiger partial charge in [0.1, 0.15) is 18.5 Å². The molecular formula is C17H21N3O9. The SMILES string of the molecule is [2H]CC(=O)OC[C@H]1OC(n2cc(C(C)=O)c(N)nc2=O)[C@H](OC(=O)C[2H])[C@H]1OC(=O)C[2H]. The summed E-state index contributed by atoms with van der Waals surface area (Å²) in [6.07, 6.45) is -4.73. The van der Waals surface area contributed by atoms with Crippen molar-refractivity contribution in [3.63, 3.8) is 0 Å². The molecule has 1 unspecified atom stereocenters. The van der Waals surface area contributed by atoms with Crippen LogP contribution in [0.2, 0.25) is 0 Å². The van der Waals surface area contributed by atoms with Crippen LogP contribution in [0.5, 0.6) is 0 Å². The normalized spacial score (nSPS) is 24.7. The summed E-state index contributed by atoms with van der Waals surface area (Å²) in [5, 5.41) is 0. The molecule has 2 N–H and O–H groups in total. The molecule has 12 nitrogen and oxygen atoms in total. The number of nitrogen functional groups attached to an aromatic ring is 1. The van der Waals surface area contributed by atoms with Crippen molar-refractivity contribution < 1.29 is 42.2 Å². The minimum Gasteiger partial charge on any atom is -0.463 e. The van der Waals surface area contributed by atoms with E-state index in [9.17, 15) is 24.0 Å². The van der Waals surface area contributed by atoms with Gasteiger partial charge in [0.25, 0.3) is 0 Å². The zero-order chi connectivity index (χ0) is 24.0. The summed E-state index contributed by atoms with van der Waals surface area (Å²) in [4.78, 5) is 62.9. The lowest BCUT2D eigenvalue weighted by atomic mass is 10.1. The lowest BCUT2D eigenvalue weighted by molar-refractivity contribution is -0.166. The molecule has 0 spiro atoms. The molecule has 0 radical (unpaired) electrons. The fourth-order valence-corrected chi connectivity index (χ4v) is 2.75. The van der Waals surface area contributed by atoms with Crippen LogP contribution in [0.3, 0.4) is 0 Å². The average Bonchev–Trinajstić information content (AvgIpc) is 3.08. The summed E-state index contributed by atoms with van der Waals surface area (Å²) in [5.74, 6) is -3.88. The van der Waals surface area contributed by atoms with Crippen molar-refractivity contribution in [2.75, 3.05) is 12.3 Å². The fraction of sp³-hybridized carbons (Fsp3) is 0.529. The summed E-state index contributed by atoms with van der Waals surface area (Å²) in [5.41, 5.74) is 4.48. The van der Waals surface area contributed by atoms with Crippen molar-refractivity contribution in [2.24, 2.45) is 0 Å². The van der Waals surface area contributed by atoms with Gasteiger partial charge in [0.15, 0.2) is 24.2 Å². The van der Waals surface area contributed by atoms with E-state index in [2.05, 4.69) is 4.98 Å². The molecule has 2 rings (SSSR count). The fourth-order valence-electron chi connectivity index (χ4n) is 2.75. The maximum Gasteiger partial charge on any atom is 0.351 e. The largest absolute Gasteiger partial charge is 0.463 e. The van der Waals surface area contributed by atoms with Crippen LogP contribution in [0.25, 0.3) is 0 Å². The van der Waals surface area contributed by atoms with Gasteiger partial charge >= 0.3 is 23.6 Å². The van der Waals surface area contributed by atoms with E-state index in [1.807, 2.05) is 0 Å². The first kappa shape index (κ1) is 17.8. The van der Waals surface area contributed by atoms with Crippen LogP contribution in [0.15, 0.2) is 11.0 Å². The molecule has 1 aliphatic heterocycles.